The number of aliphatic hydroxyl groups is 1. The Kier molecular flexibility index (Phi) is 8.37. The lowest BCUT2D eigenvalue weighted by Gasteiger charge is -2.22. The van der Waals surface area contributed by atoms with Crippen molar-refractivity contribution in [1.29, 1.82) is 0 Å². The average molecular weight is 422 g/mol. The molecule has 4 nitrogen and oxygen atoms in total. The van der Waals surface area contributed by atoms with Gasteiger partial charge in [-0.2, -0.15) is 13.2 Å². The summed E-state index contributed by atoms with van der Waals surface area (Å²) in [7, 11) is 0. The minimum Gasteiger partial charge on any atom is -0.508 e. The molecule has 25 heavy (non-hydrogen) atoms. The van der Waals surface area contributed by atoms with Crippen LogP contribution in [0, 0.1) is 0 Å². The Morgan fingerprint density at radius 2 is 1.68 bits per heavy atom. The molecule has 0 aliphatic heterocycles. The van der Waals surface area contributed by atoms with Gasteiger partial charge in [-0.15, -0.1) is 0 Å². The Morgan fingerprint density at radius 3 is 2.24 bits per heavy atom. The van der Waals surface area contributed by atoms with Gasteiger partial charge in [0.1, 0.15) is 5.75 Å². The number of aromatic hydroxyl groups is 1. The standard InChI is InChI=1S/C17H18F3NO2.BrHO/c1-11(21-10-12-5-3-2-4-6-12)16(23)13-7-14(17(18,19)20)9-15(22)8-13;1-2/h2-9,11,16,21-23H,10H2,1H3;2H. The highest BCUT2D eigenvalue weighted by Gasteiger charge is 2.32. The van der Waals surface area contributed by atoms with Crippen molar-refractivity contribution in [2.45, 2.75) is 31.8 Å². The van der Waals surface area contributed by atoms with Crippen molar-refractivity contribution in [3.8, 4) is 5.75 Å². The molecule has 0 saturated carbocycles. The van der Waals surface area contributed by atoms with Crippen LogP contribution in [0.25, 0.3) is 0 Å². The molecule has 0 amide bonds. The quantitative estimate of drug-likeness (QED) is 0.590. The minimum atomic E-state index is -4.58. The molecule has 0 bridgehead atoms. The van der Waals surface area contributed by atoms with Crippen molar-refractivity contribution in [2.24, 2.45) is 0 Å². The molecule has 0 aliphatic rings. The number of hydrogen-bond donors (Lipinski definition) is 4. The maximum atomic E-state index is 12.8. The Bertz CT molecular complexity index is 653. The summed E-state index contributed by atoms with van der Waals surface area (Å²) in [6, 6.07) is 11.6. The summed E-state index contributed by atoms with van der Waals surface area (Å²) in [6.45, 7) is 2.15. The van der Waals surface area contributed by atoms with E-state index in [9.17, 15) is 23.4 Å². The van der Waals surface area contributed by atoms with Gasteiger partial charge in [0, 0.05) is 12.6 Å². The molecule has 0 aromatic heterocycles. The highest BCUT2D eigenvalue weighted by Crippen LogP contribution is 2.34. The number of benzene rings is 2. The molecule has 0 heterocycles. The minimum absolute atomic E-state index is 0.0189. The molecule has 0 radical (unpaired) electrons. The third kappa shape index (κ3) is 6.66. The average Bonchev–Trinajstić information content (AvgIpc) is 2.60. The van der Waals surface area contributed by atoms with Gasteiger partial charge in [-0.1, -0.05) is 30.3 Å². The first kappa shape index (κ1) is 21.4. The second-order valence-electron chi connectivity index (χ2n) is 5.41. The van der Waals surface area contributed by atoms with E-state index in [4.69, 9.17) is 4.20 Å². The summed E-state index contributed by atoms with van der Waals surface area (Å²) in [5.74, 6) is -0.524. The van der Waals surface area contributed by atoms with Crippen molar-refractivity contribution < 1.29 is 27.6 Å². The second-order valence-corrected chi connectivity index (χ2v) is 5.41. The van der Waals surface area contributed by atoms with Crippen LogP contribution in [0.3, 0.4) is 0 Å². The van der Waals surface area contributed by atoms with Gasteiger partial charge >= 0.3 is 6.18 Å². The summed E-state index contributed by atoms with van der Waals surface area (Å²) in [5.41, 5.74) is 0.0330. The summed E-state index contributed by atoms with van der Waals surface area (Å²) in [4.78, 5) is 0. The van der Waals surface area contributed by atoms with Crippen LogP contribution in [0.1, 0.15) is 29.7 Å². The van der Waals surface area contributed by atoms with Crippen molar-refractivity contribution in [3.05, 3.63) is 65.2 Å². The third-order valence-corrected chi connectivity index (χ3v) is 3.55. The van der Waals surface area contributed by atoms with Crippen LogP contribution in [0.2, 0.25) is 0 Å². The summed E-state index contributed by atoms with van der Waals surface area (Å²) in [5, 5.41) is 22.8. The zero-order valence-electron chi connectivity index (χ0n) is 13.3. The van der Waals surface area contributed by atoms with Gasteiger partial charge in [0.05, 0.1) is 27.9 Å². The molecule has 0 spiro atoms. The fourth-order valence-corrected chi connectivity index (χ4v) is 2.24. The molecule has 4 N–H and O–H groups in total. The molecular weight excluding hydrogens is 403 g/mol. The van der Waals surface area contributed by atoms with Crippen molar-refractivity contribution in [3.63, 3.8) is 0 Å². The van der Waals surface area contributed by atoms with E-state index in [2.05, 4.69) is 5.32 Å². The molecule has 2 atom stereocenters. The lowest BCUT2D eigenvalue weighted by molar-refractivity contribution is -0.137. The van der Waals surface area contributed by atoms with Crippen LogP contribution in [0.4, 0.5) is 13.2 Å². The SMILES string of the molecule is CC(NCc1ccccc1)C(O)c1cc(O)cc(C(F)(F)F)c1.OBr. The number of alkyl halides is 3. The van der Waals surface area contributed by atoms with E-state index >= 15 is 0 Å². The fraction of sp³-hybridized carbons (Fsp3) is 0.294. The number of nitrogens with one attached hydrogen (secondary N) is 1. The molecule has 8 heteroatoms. The van der Waals surface area contributed by atoms with Gasteiger partial charge in [-0.05, 0) is 36.2 Å². The first-order chi connectivity index (χ1) is 11.8. The molecule has 0 saturated heterocycles. The van der Waals surface area contributed by atoms with Gasteiger partial charge in [-0.3, -0.25) is 0 Å². The zero-order valence-corrected chi connectivity index (χ0v) is 14.9. The molecular formula is C17H19BrF3NO3. The molecule has 0 aliphatic carbocycles. The summed E-state index contributed by atoms with van der Waals surface area (Å²) in [6.07, 6.45) is -5.75. The number of hydrogen-bond acceptors (Lipinski definition) is 4. The Hall–Kier alpha value is -1.61. The molecule has 2 unspecified atom stereocenters. The third-order valence-electron chi connectivity index (χ3n) is 3.55. The fourth-order valence-electron chi connectivity index (χ4n) is 2.24. The van der Waals surface area contributed by atoms with Crippen LogP contribution < -0.4 is 5.32 Å². The van der Waals surface area contributed by atoms with E-state index in [0.29, 0.717) is 12.6 Å². The van der Waals surface area contributed by atoms with Gasteiger partial charge in [0.15, 0.2) is 0 Å². The van der Waals surface area contributed by atoms with E-state index in [-0.39, 0.29) is 5.56 Å². The first-order valence-electron chi connectivity index (χ1n) is 7.31. The van der Waals surface area contributed by atoms with Crippen LogP contribution in [-0.2, 0) is 12.7 Å². The Balaban J connectivity index is 0.00000151. The van der Waals surface area contributed by atoms with E-state index in [1.165, 1.54) is 0 Å². The van der Waals surface area contributed by atoms with E-state index in [0.717, 1.165) is 17.7 Å². The lowest BCUT2D eigenvalue weighted by Crippen LogP contribution is -2.31. The highest BCUT2D eigenvalue weighted by atomic mass is 79.9. The van der Waals surface area contributed by atoms with E-state index in [1.54, 1.807) is 6.92 Å². The summed E-state index contributed by atoms with van der Waals surface area (Å²) >= 11 is 1.94. The van der Waals surface area contributed by atoms with Gasteiger partial charge in [0.25, 0.3) is 0 Å². The van der Waals surface area contributed by atoms with Crippen molar-refractivity contribution in [1.82, 2.24) is 5.32 Å². The molecule has 0 fully saturated rings. The molecule has 2 aromatic carbocycles. The topological polar surface area (TPSA) is 72.7 Å². The van der Waals surface area contributed by atoms with Crippen LogP contribution in [0.15, 0.2) is 48.5 Å². The van der Waals surface area contributed by atoms with Crippen LogP contribution in [0.5, 0.6) is 5.75 Å². The molecule has 2 aromatic rings. The second kappa shape index (κ2) is 9.76. The summed E-state index contributed by atoms with van der Waals surface area (Å²) < 4.78 is 45.1. The van der Waals surface area contributed by atoms with Crippen molar-refractivity contribution >= 4 is 16.3 Å². The Morgan fingerprint density at radius 1 is 1.08 bits per heavy atom. The van der Waals surface area contributed by atoms with Gasteiger partial charge in [0.2, 0.25) is 0 Å². The van der Waals surface area contributed by atoms with Crippen molar-refractivity contribution in [2.75, 3.05) is 0 Å². The molecule has 2 rings (SSSR count). The highest BCUT2D eigenvalue weighted by molar-refractivity contribution is 9.05. The number of halogens is 4. The zero-order chi connectivity index (χ0) is 19.0. The predicted molar refractivity (Wildman–Crippen MR) is 92.0 cm³/mol. The van der Waals surface area contributed by atoms with Gasteiger partial charge < -0.3 is 19.7 Å². The molecule has 138 valence electrons. The monoisotopic (exact) mass is 421 g/mol. The largest absolute Gasteiger partial charge is 0.508 e. The predicted octanol–water partition coefficient (Wildman–Crippen LogP) is 3.91. The van der Waals surface area contributed by atoms with E-state index < -0.39 is 29.6 Å². The normalized spacial score (nSPS) is 13.6. The first-order valence-corrected chi connectivity index (χ1v) is 8.01. The number of phenols is 1. The smallest absolute Gasteiger partial charge is 0.416 e. The lowest BCUT2D eigenvalue weighted by atomic mass is 10.00. The number of phenolic OH excluding ortho intramolecular Hbond substituents is 1. The van der Waals surface area contributed by atoms with Gasteiger partial charge in [-0.25, -0.2) is 0 Å². The number of aliphatic hydroxyl groups excluding tert-OH is 1. The Labute approximate surface area is 152 Å². The van der Waals surface area contributed by atoms with E-state index in [1.807, 2.05) is 46.6 Å². The van der Waals surface area contributed by atoms with Crippen LogP contribution >= 0.6 is 16.3 Å². The maximum Gasteiger partial charge on any atom is 0.416 e. The maximum absolute atomic E-state index is 12.8. The van der Waals surface area contributed by atoms with Crippen LogP contribution in [-0.4, -0.2) is 20.5 Å². The number of rotatable bonds is 5.